The van der Waals surface area contributed by atoms with Crippen LogP contribution >= 0.6 is 0 Å². The lowest BCUT2D eigenvalue weighted by Gasteiger charge is -2.71. The second-order valence-corrected chi connectivity index (χ2v) is 17.4. The fraction of sp³-hybridized carbons (Fsp3) is 0.850. The molecule has 10 heteroatoms. The van der Waals surface area contributed by atoms with Crippen molar-refractivity contribution in [2.75, 3.05) is 33.7 Å². The number of esters is 4. The van der Waals surface area contributed by atoms with Crippen molar-refractivity contribution in [2.45, 2.75) is 126 Å². The molecule has 3 unspecified atom stereocenters. The molecule has 0 aromatic carbocycles. The summed E-state index contributed by atoms with van der Waals surface area (Å²) in [5.41, 5.74) is -0.581. The predicted molar refractivity (Wildman–Crippen MR) is 185 cm³/mol. The first kappa shape index (κ1) is 38.8. The number of fused-ring (bicyclic) bond motifs is 7. The third-order valence-corrected chi connectivity index (χ3v) is 15.0. The molecule has 4 saturated carbocycles. The van der Waals surface area contributed by atoms with E-state index in [2.05, 4.69) is 40.7 Å². The molecule has 0 aromatic rings. The molecule has 0 aliphatic heterocycles. The van der Waals surface area contributed by atoms with E-state index < -0.39 is 40.9 Å². The van der Waals surface area contributed by atoms with Gasteiger partial charge in [0.05, 0.1) is 18.6 Å². The largest absolute Gasteiger partial charge is 0.465 e. The molecular formula is C40H62O10. The Kier molecular flexibility index (Phi) is 11.0. The van der Waals surface area contributed by atoms with Crippen LogP contribution in [0.4, 0.5) is 0 Å². The average molecular weight is 703 g/mol. The molecule has 0 bridgehead atoms. The summed E-state index contributed by atoms with van der Waals surface area (Å²) in [6.45, 7) is 18.9. The molecule has 282 valence electrons. The predicted octanol–water partition coefficient (Wildman–Crippen LogP) is 6.82. The summed E-state index contributed by atoms with van der Waals surface area (Å²) < 4.78 is 34.3. The summed E-state index contributed by atoms with van der Waals surface area (Å²) >= 11 is 0. The molecular weight excluding hydrogens is 640 g/mol. The highest BCUT2D eigenvalue weighted by atomic mass is 16.7. The lowest BCUT2D eigenvalue weighted by atomic mass is 9.33. The number of methoxy groups -OCH3 is 1. The number of allylic oxidation sites excluding steroid dienone is 2. The average Bonchev–Trinajstić information content (AvgIpc) is 3.03. The van der Waals surface area contributed by atoms with Gasteiger partial charge in [-0.05, 0) is 97.2 Å². The molecule has 10 nitrogen and oxygen atoms in total. The Morgan fingerprint density at radius 3 is 2.16 bits per heavy atom. The quantitative estimate of drug-likeness (QED) is 0.0787. The number of hydrogen-bond acceptors (Lipinski definition) is 10. The smallest absolute Gasteiger partial charge is 0.314 e. The van der Waals surface area contributed by atoms with E-state index in [-0.39, 0.29) is 53.4 Å². The van der Waals surface area contributed by atoms with E-state index in [1.165, 1.54) is 26.3 Å². The van der Waals surface area contributed by atoms with E-state index in [0.717, 1.165) is 44.9 Å². The second kappa shape index (κ2) is 14.2. The lowest BCUT2D eigenvalue weighted by molar-refractivity contribution is -0.256. The van der Waals surface area contributed by atoms with Crippen LogP contribution in [-0.2, 0) is 47.6 Å². The van der Waals surface area contributed by atoms with Gasteiger partial charge in [0.15, 0.2) is 6.79 Å². The van der Waals surface area contributed by atoms with Crippen LogP contribution in [0.15, 0.2) is 11.6 Å². The maximum absolute atomic E-state index is 14.2. The van der Waals surface area contributed by atoms with Crippen molar-refractivity contribution in [1.82, 2.24) is 0 Å². The van der Waals surface area contributed by atoms with Crippen LogP contribution in [0.25, 0.3) is 0 Å². The summed E-state index contributed by atoms with van der Waals surface area (Å²) in [6, 6.07) is 0. The van der Waals surface area contributed by atoms with E-state index in [4.69, 9.17) is 28.4 Å². The van der Waals surface area contributed by atoms with Crippen LogP contribution in [0.1, 0.15) is 114 Å². The Morgan fingerprint density at radius 1 is 0.820 bits per heavy atom. The van der Waals surface area contributed by atoms with Gasteiger partial charge < -0.3 is 28.4 Å². The summed E-state index contributed by atoms with van der Waals surface area (Å²) in [6.07, 6.45) is 7.62. The molecule has 0 spiro atoms. The Balaban J connectivity index is 1.56. The minimum Gasteiger partial charge on any atom is -0.465 e. The van der Waals surface area contributed by atoms with Crippen LogP contribution in [0.2, 0.25) is 0 Å². The first-order valence-electron chi connectivity index (χ1n) is 18.8. The standard InChI is InChI=1S/C40H62O10/c1-24-13-16-40(35(44)48-23-46-20-19-45-10)18-17-38(8)29(33(40)25(24)2)11-12-32-36(6)21-30(49-27(4)42)34(50-28(5)43)37(7,22-47-26(3)41)31(36)14-15-39(32,38)9/h11,24-25,30-34H,12-23H2,1-10H3/t24-,25+,30-,31?,32?,33?,34+,36+,37+,38-,39-,40+/m1/s1. The van der Waals surface area contributed by atoms with Gasteiger partial charge in [-0.15, -0.1) is 0 Å². The fourth-order valence-corrected chi connectivity index (χ4v) is 12.3. The van der Waals surface area contributed by atoms with Crippen molar-refractivity contribution in [3.8, 4) is 0 Å². The molecule has 0 aromatic heterocycles. The normalized spacial score (nSPS) is 43.5. The van der Waals surface area contributed by atoms with Gasteiger partial charge in [-0.2, -0.15) is 0 Å². The third-order valence-electron chi connectivity index (χ3n) is 15.0. The van der Waals surface area contributed by atoms with Crippen LogP contribution in [0, 0.1) is 56.7 Å². The maximum atomic E-state index is 14.2. The zero-order chi connectivity index (χ0) is 36.9. The number of carbonyl (C=O) groups is 4. The number of rotatable bonds is 10. The zero-order valence-electron chi connectivity index (χ0n) is 32.2. The number of ether oxygens (including phenoxy) is 6. The van der Waals surface area contributed by atoms with Crippen molar-refractivity contribution < 1.29 is 47.6 Å². The van der Waals surface area contributed by atoms with Crippen molar-refractivity contribution in [1.29, 1.82) is 0 Å². The molecule has 0 amide bonds. The van der Waals surface area contributed by atoms with Gasteiger partial charge in [0.25, 0.3) is 0 Å². The Hall–Kier alpha value is -2.46. The fourth-order valence-electron chi connectivity index (χ4n) is 12.3. The van der Waals surface area contributed by atoms with E-state index >= 15 is 0 Å². The van der Waals surface area contributed by atoms with Gasteiger partial charge in [-0.3, -0.25) is 19.2 Å². The zero-order valence-corrected chi connectivity index (χ0v) is 32.2. The van der Waals surface area contributed by atoms with Gasteiger partial charge in [0, 0.05) is 33.3 Å². The minimum absolute atomic E-state index is 0.0338. The van der Waals surface area contributed by atoms with Gasteiger partial charge in [0.1, 0.15) is 18.8 Å². The van der Waals surface area contributed by atoms with Gasteiger partial charge in [0.2, 0.25) is 0 Å². The van der Waals surface area contributed by atoms with E-state index in [0.29, 0.717) is 31.5 Å². The highest BCUT2D eigenvalue weighted by Gasteiger charge is 2.72. The molecule has 0 radical (unpaired) electrons. The van der Waals surface area contributed by atoms with Gasteiger partial charge in [-0.1, -0.05) is 53.2 Å². The highest BCUT2D eigenvalue weighted by molar-refractivity contribution is 5.79. The number of hydrogen-bond donors (Lipinski definition) is 0. The van der Waals surface area contributed by atoms with Crippen LogP contribution in [0.5, 0.6) is 0 Å². The van der Waals surface area contributed by atoms with E-state index in [1.807, 2.05) is 6.92 Å². The molecule has 5 aliphatic carbocycles. The van der Waals surface area contributed by atoms with Crippen LogP contribution < -0.4 is 0 Å². The molecule has 0 heterocycles. The molecule has 4 fully saturated rings. The van der Waals surface area contributed by atoms with Gasteiger partial charge in [-0.25, -0.2) is 0 Å². The maximum Gasteiger partial charge on any atom is 0.314 e. The van der Waals surface area contributed by atoms with Crippen molar-refractivity contribution in [3.05, 3.63) is 11.6 Å². The molecule has 0 saturated heterocycles. The summed E-state index contributed by atoms with van der Waals surface area (Å²) in [4.78, 5) is 51.4. The van der Waals surface area contributed by atoms with E-state index in [9.17, 15) is 19.2 Å². The Bertz CT molecular complexity index is 1360. The molecule has 0 N–H and O–H groups in total. The summed E-state index contributed by atoms with van der Waals surface area (Å²) in [7, 11) is 1.62. The van der Waals surface area contributed by atoms with E-state index in [1.54, 1.807) is 7.11 Å². The molecule has 5 rings (SSSR count). The van der Waals surface area contributed by atoms with Gasteiger partial charge >= 0.3 is 23.9 Å². The second-order valence-electron chi connectivity index (χ2n) is 17.4. The monoisotopic (exact) mass is 702 g/mol. The number of carbonyl (C=O) groups excluding carboxylic acids is 4. The third kappa shape index (κ3) is 6.22. The molecule has 5 aliphatic rings. The summed E-state index contributed by atoms with van der Waals surface area (Å²) in [5, 5.41) is 0. The Labute approximate surface area is 299 Å². The Morgan fingerprint density at radius 2 is 1.52 bits per heavy atom. The molecule has 12 atom stereocenters. The first-order chi connectivity index (χ1) is 23.4. The SMILES string of the molecule is COCCOCOC(=O)[C@]12CC[C@@H](C)[C@H](C)C1C1=CCC3[C@@]4(C)C[C@@H](OC(C)=O)[C@H](OC(C)=O)[C@@](C)(COC(C)=O)C4CC[C@@]3(C)[C@]1(C)CC2. The van der Waals surface area contributed by atoms with Crippen LogP contribution in [0.3, 0.4) is 0 Å². The summed E-state index contributed by atoms with van der Waals surface area (Å²) in [5.74, 6) is -0.324. The highest BCUT2D eigenvalue weighted by Crippen LogP contribution is 2.76. The van der Waals surface area contributed by atoms with Crippen molar-refractivity contribution >= 4 is 23.9 Å². The van der Waals surface area contributed by atoms with Crippen molar-refractivity contribution in [3.63, 3.8) is 0 Å². The van der Waals surface area contributed by atoms with Crippen LogP contribution in [-0.4, -0.2) is 69.8 Å². The lowest BCUT2D eigenvalue weighted by Crippen LogP contribution is -2.69. The molecule has 50 heavy (non-hydrogen) atoms. The first-order valence-corrected chi connectivity index (χ1v) is 18.8. The van der Waals surface area contributed by atoms with Crippen molar-refractivity contribution in [2.24, 2.45) is 56.7 Å². The minimum atomic E-state index is -0.777. The topological polar surface area (TPSA) is 124 Å².